The first-order valence-electron chi connectivity index (χ1n) is 21.7. The third-order valence-electron chi connectivity index (χ3n) is 13.7. The number of Topliss-reactive ketones (excluding diaryl/α,β-unsaturated/α-hetero) is 2. The van der Waals surface area contributed by atoms with Crippen molar-refractivity contribution in [2.45, 2.75) is 128 Å². The lowest BCUT2D eigenvalue weighted by Gasteiger charge is -2.31. The van der Waals surface area contributed by atoms with E-state index in [4.69, 9.17) is 0 Å². The van der Waals surface area contributed by atoms with Crippen LogP contribution in [-0.4, -0.2) is 11.6 Å². The highest BCUT2D eigenvalue weighted by Crippen LogP contribution is 2.47. The maximum Gasteiger partial charge on any atom is 0.185 e. The summed E-state index contributed by atoms with van der Waals surface area (Å²) in [7, 11) is 0. The van der Waals surface area contributed by atoms with Gasteiger partial charge >= 0.3 is 0 Å². The first-order valence-corrected chi connectivity index (χ1v) is 24.3. The quantitative estimate of drug-likeness (QED) is 0.228. The van der Waals surface area contributed by atoms with Crippen LogP contribution >= 0.6 is 34.0 Å². The molecule has 2 nitrogen and oxygen atoms in total. The number of hydrogen-bond donors (Lipinski definition) is 0. The first kappa shape index (κ1) is 37.5. The highest BCUT2D eigenvalue weighted by atomic mass is 32.1. The Bertz CT molecular complexity index is 1820. The summed E-state index contributed by atoms with van der Waals surface area (Å²) < 4.78 is 0. The molecule has 9 rings (SSSR count). The third kappa shape index (κ3) is 7.92. The number of allylic oxidation sites excluding steroid dienone is 10. The predicted molar refractivity (Wildman–Crippen MR) is 234 cm³/mol. The molecule has 0 spiro atoms. The van der Waals surface area contributed by atoms with Crippen LogP contribution < -0.4 is 0 Å². The summed E-state index contributed by atoms with van der Waals surface area (Å²) in [4.78, 5) is 33.9. The van der Waals surface area contributed by atoms with Crippen molar-refractivity contribution < 1.29 is 9.59 Å². The Morgan fingerprint density at radius 3 is 0.982 bits per heavy atom. The normalized spacial score (nSPS) is 22.7. The Balaban J connectivity index is 1.20. The Labute approximate surface area is 340 Å². The van der Waals surface area contributed by atoms with Gasteiger partial charge in [-0.15, -0.1) is 34.0 Å². The van der Waals surface area contributed by atoms with Crippen LogP contribution in [0.2, 0.25) is 0 Å². The van der Waals surface area contributed by atoms with Gasteiger partial charge in [-0.25, -0.2) is 0 Å². The largest absolute Gasteiger partial charge is 0.289 e. The van der Waals surface area contributed by atoms with Gasteiger partial charge in [-0.3, -0.25) is 9.59 Å². The van der Waals surface area contributed by atoms with Crippen molar-refractivity contribution in [2.75, 3.05) is 0 Å². The monoisotopic (exact) mass is 784 g/mol. The molecule has 286 valence electrons. The number of carbonyl (C=O) groups is 2. The van der Waals surface area contributed by atoms with Gasteiger partial charge < -0.3 is 0 Å². The Morgan fingerprint density at radius 2 is 0.709 bits per heavy atom. The van der Waals surface area contributed by atoms with E-state index in [2.05, 4.69) is 71.5 Å². The van der Waals surface area contributed by atoms with Gasteiger partial charge in [0.15, 0.2) is 11.6 Å². The first-order chi connectivity index (χ1) is 27.1. The third-order valence-corrected chi connectivity index (χ3v) is 16.6. The molecule has 4 saturated carbocycles. The average Bonchev–Trinajstić information content (AvgIpc) is 4.06. The van der Waals surface area contributed by atoms with Crippen LogP contribution in [0.5, 0.6) is 0 Å². The van der Waals surface area contributed by atoms with Crippen LogP contribution in [0.1, 0.15) is 148 Å². The van der Waals surface area contributed by atoms with Crippen LogP contribution in [-0.2, 0) is 9.59 Å². The summed E-state index contributed by atoms with van der Waals surface area (Å²) in [5.41, 5.74) is 9.32. The Hall–Kier alpha value is -3.12. The summed E-state index contributed by atoms with van der Waals surface area (Å²) >= 11 is 5.51. The fourth-order valence-corrected chi connectivity index (χ4v) is 13.7. The number of thiophene rings is 3. The van der Waals surface area contributed by atoms with Gasteiger partial charge in [0.1, 0.15) is 0 Å². The molecule has 0 aliphatic heterocycles. The Morgan fingerprint density at radius 1 is 0.400 bits per heavy atom. The van der Waals surface area contributed by atoms with Crippen molar-refractivity contribution in [2.24, 2.45) is 23.7 Å². The number of ketones is 2. The van der Waals surface area contributed by atoms with E-state index in [1.807, 2.05) is 34.0 Å². The second-order valence-corrected chi connectivity index (χ2v) is 20.2. The molecule has 5 heteroatoms. The molecule has 0 radical (unpaired) electrons. The lowest BCUT2D eigenvalue weighted by Crippen LogP contribution is -2.25. The van der Waals surface area contributed by atoms with E-state index in [0.717, 1.165) is 73.7 Å². The van der Waals surface area contributed by atoms with Crippen molar-refractivity contribution in [3.8, 4) is 0 Å². The minimum atomic E-state index is 0.345. The van der Waals surface area contributed by atoms with E-state index in [1.54, 1.807) is 0 Å². The van der Waals surface area contributed by atoms with Crippen LogP contribution in [0.3, 0.4) is 0 Å². The summed E-state index contributed by atoms with van der Waals surface area (Å²) in [6.45, 7) is 0. The second-order valence-electron chi connectivity index (χ2n) is 17.2. The van der Waals surface area contributed by atoms with Gasteiger partial charge in [-0.1, -0.05) is 89.2 Å². The van der Waals surface area contributed by atoms with Gasteiger partial charge in [-0.2, -0.15) is 0 Å². The molecule has 0 atom stereocenters. The molecule has 3 aromatic rings. The van der Waals surface area contributed by atoms with Crippen LogP contribution in [0.4, 0.5) is 0 Å². The second kappa shape index (κ2) is 17.2. The summed E-state index contributed by atoms with van der Waals surface area (Å²) in [6, 6.07) is 13.6. The molecule has 4 fully saturated rings. The minimum Gasteiger partial charge on any atom is -0.289 e. The smallest absolute Gasteiger partial charge is 0.185 e. The predicted octanol–water partition coefficient (Wildman–Crippen LogP) is 14.7. The van der Waals surface area contributed by atoms with Gasteiger partial charge in [0.25, 0.3) is 0 Å². The zero-order chi connectivity index (χ0) is 37.1. The minimum absolute atomic E-state index is 0.345. The molecule has 0 amide bonds. The van der Waals surface area contributed by atoms with Crippen molar-refractivity contribution in [1.82, 2.24) is 0 Å². The molecule has 6 aliphatic carbocycles. The van der Waals surface area contributed by atoms with Crippen molar-refractivity contribution in [3.63, 3.8) is 0 Å². The molecule has 55 heavy (non-hydrogen) atoms. The summed E-state index contributed by atoms with van der Waals surface area (Å²) in [6.07, 6.45) is 33.3. The SMILES string of the molecule is O=C1C(C2CCCCC2)=CC(=C(c2cccs2)c2ccc(C(=C3C=C(C4CCCCC4)C(=O)C(C4CCCCC4)=C3)c3cccs3)s2)C=C1C1CCCCC1. The molecule has 0 N–H and O–H groups in total. The molecule has 0 aromatic carbocycles. The van der Waals surface area contributed by atoms with Crippen LogP contribution in [0.25, 0.3) is 11.1 Å². The molecule has 0 unspecified atom stereocenters. The summed E-state index contributed by atoms with van der Waals surface area (Å²) in [5.74, 6) is 2.16. The maximum absolute atomic E-state index is 14.4. The maximum atomic E-state index is 14.4. The fraction of sp³-hybridized carbons (Fsp3) is 0.480. The number of hydrogen-bond acceptors (Lipinski definition) is 5. The lowest BCUT2D eigenvalue weighted by atomic mass is 9.72. The lowest BCUT2D eigenvalue weighted by molar-refractivity contribution is -0.114. The molecule has 0 saturated heterocycles. The van der Waals surface area contributed by atoms with Crippen LogP contribution in [0, 0.1) is 23.7 Å². The van der Waals surface area contributed by atoms with Gasteiger partial charge in [0.05, 0.1) is 0 Å². The summed E-state index contributed by atoms with van der Waals surface area (Å²) in [5, 5.41) is 4.40. The molecule has 3 aromatic heterocycles. The van der Waals surface area contributed by atoms with E-state index in [-0.39, 0.29) is 0 Å². The fourth-order valence-electron chi connectivity index (χ4n) is 10.8. The standard InChI is InChI=1S/C50H56O2S3/c51-49-39(33-15-5-1-6-16-33)29-37(30-40(49)34-17-7-2-8-18-34)47(43-23-13-27-53-43)45-25-26-46(55-45)48(44-24-14-28-54-44)38-31-41(35-19-9-3-10-20-35)50(52)42(32-38)36-21-11-4-12-22-36/h13-14,23-36H,1-12,15-22H2. The van der Waals surface area contributed by atoms with Gasteiger partial charge in [0, 0.05) is 52.9 Å². The van der Waals surface area contributed by atoms with Crippen molar-refractivity contribution in [3.05, 3.63) is 124 Å². The molecule has 0 bridgehead atoms. The molecule has 3 heterocycles. The van der Waals surface area contributed by atoms with E-state index >= 15 is 0 Å². The molecular weight excluding hydrogens is 729 g/mol. The van der Waals surface area contributed by atoms with Gasteiger partial charge in [0.2, 0.25) is 0 Å². The van der Waals surface area contributed by atoms with E-state index < -0.39 is 0 Å². The van der Waals surface area contributed by atoms with Crippen molar-refractivity contribution >= 4 is 56.7 Å². The van der Waals surface area contributed by atoms with E-state index in [1.165, 1.54) is 119 Å². The average molecular weight is 785 g/mol. The highest BCUT2D eigenvalue weighted by Gasteiger charge is 2.35. The zero-order valence-corrected chi connectivity index (χ0v) is 34.9. The highest BCUT2D eigenvalue weighted by molar-refractivity contribution is 7.16. The van der Waals surface area contributed by atoms with E-state index in [0.29, 0.717) is 35.2 Å². The van der Waals surface area contributed by atoms with E-state index in [9.17, 15) is 9.59 Å². The van der Waals surface area contributed by atoms with Crippen molar-refractivity contribution in [1.29, 1.82) is 0 Å². The number of rotatable bonds is 8. The zero-order valence-electron chi connectivity index (χ0n) is 32.4. The topological polar surface area (TPSA) is 34.1 Å². The number of carbonyl (C=O) groups excluding carboxylic acids is 2. The Kier molecular flexibility index (Phi) is 11.7. The van der Waals surface area contributed by atoms with Crippen LogP contribution in [0.15, 0.2) is 105 Å². The molecular formula is C50H56O2S3. The molecule has 6 aliphatic rings. The van der Waals surface area contributed by atoms with Gasteiger partial charge in [-0.05, 0) is 146 Å².